The zero-order valence-electron chi connectivity index (χ0n) is 11.6. The Balaban J connectivity index is 0. The molecule has 0 aliphatic heterocycles. The van der Waals surface area contributed by atoms with Crippen LogP contribution in [-0.4, -0.2) is 34.0 Å². The van der Waals surface area contributed by atoms with Crippen molar-refractivity contribution in [1.29, 1.82) is 0 Å². The van der Waals surface area contributed by atoms with E-state index in [1.165, 1.54) is 0 Å². The quantitative estimate of drug-likeness (QED) is 0.133. The van der Waals surface area contributed by atoms with Gasteiger partial charge in [0.15, 0.2) is 0 Å². The predicted octanol–water partition coefficient (Wildman–Crippen LogP) is -1.15. The van der Waals surface area contributed by atoms with Crippen LogP contribution in [0.4, 0.5) is 0 Å². The molecule has 0 radical (unpaired) electrons. The monoisotopic (exact) mass is 306 g/mol. The fourth-order valence-electron chi connectivity index (χ4n) is 1.11. The first-order valence-corrected chi connectivity index (χ1v) is 6.26. The first kappa shape index (κ1) is 21.1. The Morgan fingerprint density at radius 3 is 1.24 bits per heavy atom. The van der Waals surface area contributed by atoms with Crippen LogP contribution in [0.1, 0.15) is 44.9 Å². The van der Waals surface area contributed by atoms with Crippen molar-refractivity contribution in [3.05, 3.63) is 0 Å². The Labute approximate surface area is 121 Å². The second kappa shape index (κ2) is 14.2. The molecule has 21 heavy (non-hydrogen) atoms. The number of carboxylic acids is 2. The van der Waals surface area contributed by atoms with E-state index < -0.39 is 11.9 Å². The molecule has 0 saturated heterocycles. The number of carbonyl (C=O) groups is 4. The highest BCUT2D eigenvalue weighted by Crippen LogP contribution is 1.98. The summed E-state index contributed by atoms with van der Waals surface area (Å²) in [5.74, 6) is 7.29. The van der Waals surface area contributed by atoms with Crippen molar-refractivity contribution in [1.82, 2.24) is 10.9 Å². The first-order chi connectivity index (χ1) is 9.83. The summed E-state index contributed by atoms with van der Waals surface area (Å²) >= 11 is 0. The molecule has 10 heteroatoms. The number of hydrazine groups is 2. The average Bonchev–Trinajstić information content (AvgIpc) is 2.43. The average molecular weight is 306 g/mol. The van der Waals surface area contributed by atoms with Crippen LogP contribution in [0.15, 0.2) is 0 Å². The number of carboxylic acid groups (broad SMARTS) is 2. The third-order valence-electron chi connectivity index (χ3n) is 2.16. The summed E-state index contributed by atoms with van der Waals surface area (Å²) in [6.07, 6.45) is 1.95. The van der Waals surface area contributed by atoms with Gasteiger partial charge in [0.25, 0.3) is 0 Å². The minimum absolute atomic E-state index is 0.0628. The number of amides is 2. The lowest BCUT2D eigenvalue weighted by molar-refractivity contribution is -0.139. The summed E-state index contributed by atoms with van der Waals surface area (Å²) in [7, 11) is 0. The highest BCUT2D eigenvalue weighted by Gasteiger charge is 2.01. The van der Waals surface area contributed by atoms with Crippen LogP contribution in [-0.2, 0) is 19.2 Å². The van der Waals surface area contributed by atoms with Gasteiger partial charge in [-0.25, -0.2) is 11.7 Å². The minimum Gasteiger partial charge on any atom is -0.481 e. The SMILES string of the molecule is NNC(=O)CCCC(=O)NN.O=C(O)CCCCC(=O)O. The molecule has 0 atom stereocenters. The second-order valence-corrected chi connectivity index (χ2v) is 3.98. The Morgan fingerprint density at radius 1 is 0.667 bits per heavy atom. The van der Waals surface area contributed by atoms with E-state index in [9.17, 15) is 19.2 Å². The van der Waals surface area contributed by atoms with E-state index >= 15 is 0 Å². The van der Waals surface area contributed by atoms with Gasteiger partial charge in [-0.05, 0) is 19.3 Å². The van der Waals surface area contributed by atoms with Crippen molar-refractivity contribution in [2.45, 2.75) is 44.9 Å². The van der Waals surface area contributed by atoms with Gasteiger partial charge in [-0.1, -0.05) is 0 Å². The van der Waals surface area contributed by atoms with Gasteiger partial charge in [0.2, 0.25) is 11.8 Å². The van der Waals surface area contributed by atoms with Gasteiger partial charge in [-0.15, -0.1) is 0 Å². The number of unbranched alkanes of at least 4 members (excludes halogenated alkanes) is 1. The lowest BCUT2D eigenvalue weighted by Gasteiger charge is -1.98. The molecule has 0 bridgehead atoms. The van der Waals surface area contributed by atoms with Crippen LogP contribution < -0.4 is 22.5 Å². The Hall–Kier alpha value is -2.20. The summed E-state index contributed by atoms with van der Waals surface area (Å²) in [4.78, 5) is 40.8. The summed E-state index contributed by atoms with van der Waals surface area (Å²) in [6.45, 7) is 0. The van der Waals surface area contributed by atoms with Gasteiger partial charge < -0.3 is 10.2 Å². The standard InChI is InChI=1S/C6H10O4.C5H12N4O2/c7-5(8)3-1-2-4-6(9)10;6-8-4(10)2-1-3-5(11)9-7/h1-4H2,(H,7,8)(H,9,10);1-3,6-7H2,(H,8,10)(H,9,11). The molecule has 10 nitrogen and oxygen atoms in total. The Morgan fingerprint density at radius 2 is 1.00 bits per heavy atom. The molecule has 122 valence electrons. The van der Waals surface area contributed by atoms with Crippen molar-refractivity contribution in [2.75, 3.05) is 0 Å². The van der Waals surface area contributed by atoms with Crippen LogP contribution in [0.5, 0.6) is 0 Å². The van der Waals surface area contributed by atoms with Crippen molar-refractivity contribution < 1.29 is 29.4 Å². The fraction of sp³-hybridized carbons (Fsp3) is 0.636. The molecule has 0 spiro atoms. The molecule has 0 heterocycles. The lowest BCUT2D eigenvalue weighted by atomic mass is 10.2. The maximum absolute atomic E-state index is 10.5. The number of nitrogens with two attached hydrogens (primary N) is 2. The number of aliphatic carboxylic acids is 2. The topological polar surface area (TPSA) is 185 Å². The number of hydrogen-bond donors (Lipinski definition) is 6. The zero-order valence-corrected chi connectivity index (χ0v) is 11.6. The van der Waals surface area contributed by atoms with E-state index in [-0.39, 0.29) is 37.5 Å². The molecule has 0 rings (SSSR count). The van der Waals surface area contributed by atoms with Crippen LogP contribution in [0.2, 0.25) is 0 Å². The smallest absolute Gasteiger partial charge is 0.303 e. The van der Waals surface area contributed by atoms with E-state index in [0.717, 1.165) is 0 Å². The van der Waals surface area contributed by atoms with Crippen molar-refractivity contribution >= 4 is 23.8 Å². The number of hydrogen-bond acceptors (Lipinski definition) is 6. The van der Waals surface area contributed by atoms with Crippen LogP contribution >= 0.6 is 0 Å². The van der Waals surface area contributed by atoms with Gasteiger partial charge in [0.1, 0.15) is 0 Å². The van der Waals surface area contributed by atoms with E-state index in [0.29, 0.717) is 19.3 Å². The summed E-state index contributed by atoms with van der Waals surface area (Å²) in [5.41, 5.74) is 3.91. The Kier molecular flexibility index (Phi) is 14.3. The fourth-order valence-corrected chi connectivity index (χ4v) is 1.11. The molecule has 0 fully saturated rings. The molecule has 8 N–H and O–H groups in total. The Bertz CT molecular complexity index is 316. The predicted molar refractivity (Wildman–Crippen MR) is 72.3 cm³/mol. The molecular weight excluding hydrogens is 284 g/mol. The van der Waals surface area contributed by atoms with Crippen molar-refractivity contribution in [3.8, 4) is 0 Å². The number of rotatable bonds is 9. The van der Waals surface area contributed by atoms with Crippen LogP contribution in [0, 0.1) is 0 Å². The van der Waals surface area contributed by atoms with Crippen LogP contribution in [0.25, 0.3) is 0 Å². The van der Waals surface area contributed by atoms with E-state index in [1.807, 2.05) is 10.9 Å². The normalized spacial score (nSPS) is 9.05. The van der Waals surface area contributed by atoms with Gasteiger partial charge in [-0.2, -0.15) is 0 Å². The van der Waals surface area contributed by atoms with Gasteiger partial charge in [0.05, 0.1) is 0 Å². The zero-order chi connectivity index (χ0) is 16.7. The van der Waals surface area contributed by atoms with Gasteiger partial charge in [0, 0.05) is 25.7 Å². The minimum atomic E-state index is -0.870. The molecule has 0 aliphatic carbocycles. The molecule has 0 saturated carbocycles. The molecular formula is C11H22N4O6. The lowest BCUT2D eigenvalue weighted by Crippen LogP contribution is -2.31. The van der Waals surface area contributed by atoms with Crippen molar-refractivity contribution in [2.24, 2.45) is 11.7 Å². The molecule has 0 aliphatic rings. The molecule has 0 aromatic carbocycles. The first-order valence-electron chi connectivity index (χ1n) is 6.26. The number of nitrogens with one attached hydrogen (secondary N) is 2. The number of carbonyl (C=O) groups excluding carboxylic acids is 2. The highest BCUT2D eigenvalue weighted by atomic mass is 16.4. The maximum atomic E-state index is 10.5. The summed E-state index contributed by atoms with van der Waals surface area (Å²) in [6, 6.07) is 0. The van der Waals surface area contributed by atoms with Gasteiger partial charge in [-0.3, -0.25) is 30.0 Å². The third kappa shape index (κ3) is 20.3. The highest BCUT2D eigenvalue weighted by molar-refractivity contribution is 5.78. The molecule has 0 unspecified atom stereocenters. The molecule has 2 amide bonds. The molecule has 0 aromatic heterocycles. The summed E-state index contributed by atoms with van der Waals surface area (Å²) < 4.78 is 0. The van der Waals surface area contributed by atoms with E-state index in [4.69, 9.17) is 21.9 Å². The maximum Gasteiger partial charge on any atom is 0.303 e. The molecule has 0 aromatic rings. The third-order valence-corrected chi connectivity index (χ3v) is 2.16. The summed E-state index contributed by atoms with van der Waals surface area (Å²) in [5, 5.41) is 16.3. The van der Waals surface area contributed by atoms with Crippen molar-refractivity contribution in [3.63, 3.8) is 0 Å². The second-order valence-electron chi connectivity index (χ2n) is 3.98. The van der Waals surface area contributed by atoms with E-state index in [2.05, 4.69) is 0 Å². The van der Waals surface area contributed by atoms with Gasteiger partial charge >= 0.3 is 11.9 Å². The van der Waals surface area contributed by atoms with Crippen LogP contribution in [0.3, 0.4) is 0 Å². The van der Waals surface area contributed by atoms with E-state index in [1.54, 1.807) is 0 Å². The largest absolute Gasteiger partial charge is 0.481 e.